The van der Waals surface area contributed by atoms with Crippen LogP contribution in [0.5, 0.6) is 17.2 Å². The van der Waals surface area contributed by atoms with Gasteiger partial charge in [0, 0.05) is 36.8 Å². The fraction of sp³-hybridized carbons (Fsp3) is 0.367. The molecular weight excluding hydrogens is 546 g/mol. The van der Waals surface area contributed by atoms with Crippen LogP contribution in [-0.4, -0.2) is 89.4 Å². The molecule has 0 bridgehead atoms. The van der Waals surface area contributed by atoms with Crippen molar-refractivity contribution < 1.29 is 44.3 Å². The first kappa shape index (κ1) is 27.6. The Kier molecular flexibility index (Phi) is 6.07. The highest BCUT2D eigenvalue weighted by Crippen LogP contribution is 2.54. The topological polar surface area (TPSA) is 183 Å². The van der Waals surface area contributed by atoms with Crippen molar-refractivity contribution in [2.45, 2.75) is 24.5 Å². The highest BCUT2D eigenvalue weighted by atomic mass is 16.7. The molecule has 1 heterocycles. The van der Waals surface area contributed by atoms with E-state index in [1.807, 2.05) is 4.90 Å². The number of nitrogens with zero attached hydrogens (tertiary/aromatic N) is 2. The van der Waals surface area contributed by atoms with Gasteiger partial charge in [0.05, 0.1) is 11.6 Å². The molecule has 1 aliphatic heterocycles. The number of benzene rings is 2. The average Bonchev–Trinajstić information content (AvgIpc) is 3.38. The predicted molar refractivity (Wildman–Crippen MR) is 150 cm³/mol. The Hall–Kier alpha value is -4.55. The Bertz CT molecular complexity index is 1660. The van der Waals surface area contributed by atoms with Crippen LogP contribution in [0.2, 0.25) is 0 Å². The molecule has 0 aromatic heterocycles. The van der Waals surface area contributed by atoms with Gasteiger partial charge in [-0.1, -0.05) is 6.07 Å². The molecule has 6 N–H and O–H groups in total. The molecule has 0 saturated carbocycles. The monoisotopic (exact) mass is 577 g/mol. The van der Waals surface area contributed by atoms with Crippen molar-refractivity contribution in [2.24, 2.45) is 17.6 Å². The summed E-state index contributed by atoms with van der Waals surface area (Å²) in [4.78, 5) is 43.3. The molecule has 0 saturated heterocycles. The summed E-state index contributed by atoms with van der Waals surface area (Å²) in [5.41, 5.74) is 3.69. The van der Waals surface area contributed by atoms with Gasteiger partial charge in [0.15, 0.2) is 22.9 Å². The minimum Gasteiger partial charge on any atom is -0.510 e. The van der Waals surface area contributed by atoms with Crippen LogP contribution in [0.1, 0.15) is 22.3 Å². The van der Waals surface area contributed by atoms with E-state index in [9.17, 15) is 34.8 Å². The Balaban J connectivity index is 1.56. The Morgan fingerprint density at radius 3 is 2.38 bits per heavy atom. The number of primary amides is 1. The van der Waals surface area contributed by atoms with Crippen molar-refractivity contribution >= 4 is 23.2 Å². The number of allylic oxidation sites excluding steroid dienone is 1. The van der Waals surface area contributed by atoms with E-state index >= 15 is 0 Å². The molecule has 42 heavy (non-hydrogen) atoms. The van der Waals surface area contributed by atoms with Gasteiger partial charge < -0.3 is 40.5 Å². The maximum absolute atomic E-state index is 14.2. The first-order chi connectivity index (χ1) is 19.8. The minimum atomic E-state index is -2.69. The Morgan fingerprint density at radius 2 is 1.74 bits per heavy atom. The Morgan fingerprint density at radius 1 is 1.05 bits per heavy atom. The van der Waals surface area contributed by atoms with Crippen molar-refractivity contribution in [3.8, 4) is 28.4 Å². The van der Waals surface area contributed by atoms with Crippen molar-refractivity contribution in [1.29, 1.82) is 0 Å². The number of rotatable bonds is 4. The van der Waals surface area contributed by atoms with Crippen LogP contribution >= 0.6 is 0 Å². The van der Waals surface area contributed by atoms with E-state index in [1.165, 1.54) is 4.90 Å². The third-order valence-electron chi connectivity index (χ3n) is 8.86. The number of Topliss-reactive ketones (excluding diaryl/α,β-unsaturated/α-hetero) is 2. The second kappa shape index (κ2) is 9.23. The van der Waals surface area contributed by atoms with Crippen molar-refractivity contribution in [3.63, 3.8) is 0 Å². The number of carbonyl (C=O) groups excluding carboxylic acids is 3. The maximum Gasteiger partial charge on any atom is 0.255 e. The summed E-state index contributed by atoms with van der Waals surface area (Å²) in [6.07, 6.45) is 0.209. The molecule has 12 heteroatoms. The quantitative estimate of drug-likeness (QED) is 0.333. The van der Waals surface area contributed by atoms with Crippen molar-refractivity contribution in [1.82, 2.24) is 4.90 Å². The summed E-state index contributed by atoms with van der Waals surface area (Å²) in [7, 11) is 6.79. The summed E-state index contributed by atoms with van der Waals surface area (Å²) in [6.45, 7) is 0.0624. The molecule has 1 amide bonds. The van der Waals surface area contributed by atoms with Crippen LogP contribution in [0, 0.1) is 11.8 Å². The van der Waals surface area contributed by atoms with Crippen LogP contribution < -0.4 is 20.1 Å². The van der Waals surface area contributed by atoms with E-state index in [0.29, 0.717) is 33.9 Å². The first-order valence-corrected chi connectivity index (χ1v) is 13.4. The number of ether oxygens (including phenoxy) is 2. The summed E-state index contributed by atoms with van der Waals surface area (Å²) in [6, 6.07) is 5.83. The number of phenolic OH excluding ortho intramolecular Hbond substituents is 1. The molecule has 12 nitrogen and oxygen atoms in total. The van der Waals surface area contributed by atoms with Gasteiger partial charge in [-0.3, -0.25) is 19.3 Å². The minimum absolute atomic E-state index is 0.0172. The van der Waals surface area contributed by atoms with E-state index in [2.05, 4.69) is 0 Å². The number of anilines is 1. The van der Waals surface area contributed by atoms with Crippen molar-refractivity contribution in [2.75, 3.05) is 39.9 Å². The molecule has 4 aliphatic rings. The van der Waals surface area contributed by atoms with Crippen LogP contribution in [0.3, 0.4) is 0 Å². The van der Waals surface area contributed by atoms with E-state index in [-0.39, 0.29) is 36.5 Å². The molecule has 4 atom stereocenters. The SMILES string of the molecule is CN(C)c1cc(-c2ccc3c(c2)OCO3)c(O)c2c1C[C@H]1C[C@H]3[C@H](N(C)C)C(O)=C(C(N)=O)C(=O)[C@@]3(O)C(O)=C1C2=O. The molecule has 3 aliphatic carbocycles. The lowest BCUT2D eigenvalue weighted by atomic mass is 9.58. The van der Waals surface area contributed by atoms with Gasteiger partial charge in [0.25, 0.3) is 5.91 Å². The molecule has 6 rings (SSSR count). The number of carbonyl (C=O) groups is 3. The smallest absolute Gasteiger partial charge is 0.255 e. The Labute approximate surface area is 240 Å². The highest BCUT2D eigenvalue weighted by molar-refractivity contribution is 6.25. The normalized spacial score (nSPS) is 26.3. The number of phenols is 1. The number of aromatic hydroxyl groups is 1. The van der Waals surface area contributed by atoms with Gasteiger partial charge in [-0.2, -0.15) is 0 Å². The third-order valence-corrected chi connectivity index (χ3v) is 8.86. The highest BCUT2D eigenvalue weighted by Gasteiger charge is 2.63. The molecule has 0 unspecified atom stereocenters. The fourth-order valence-corrected chi connectivity index (χ4v) is 6.98. The number of hydrogen-bond acceptors (Lipinski definition) is 11. The number of aliphatic hydroxyl groups is 3. The van der Waals surface area contributed by atoms with Gasteiger partial charge in [-0.05, 0) is 62.2 Å². The third kappa shape index (κ3) is 3.58. The first-order valence-electron chi connectivity index (χ1n) is 13.4. The second-order valence-corrected chi connectivity index (χ2v) is 11.6. The zero-order valence-electron chi connectivity index (χ0n) is 23.5. The fourth-order valence-electron chi connectivity index (χ4n) is 6.98. The average molecular weight is 578 g/mol. The molecule has 0 spiro atoms. The largest absolute Gasteiger partial charge is 0.510 e. The van der Waals surface area contributed by atoms with Gasteiger partial charge in [-0.25, -0.2) is 0 Å². The predicted octanol–water partition coefficient (Wildman–Crippen LogP) is 1.58. The molecule has 2 aromatic carbocycles. The van der Waals surface area contributed by atoms with E-state index in [1.54, 1.807) is 52.5 Å². The molecular formula is C30H31N3O9. The molecule has 0 radical (unpaired) electrons. The number of aliphatic hydroxyl groups excluding tert-OH is 2. The lowest BCUT2D eigenvalue weighted by molar-refractivity contribution is -0.148. The number of ketones is 2. The van der Waals surface area contributed by atoms with Crippen LogP contribution in [0.25, 0.3) is 11.1 Å². The summed E-state index contributed by atoms with van der Waals surface area (Å²) >= 11 is 0. The lowest BCUT2D eigenvalue weighted by Gasteiger charge is -2.50. The zero-order chi connectivity index (χ0) is 30.4. The molecule has 0 fully saturated rings. The number of fused-ring (bicyclic) bond motifs is 4. The van der Waals surface area contributed by atoms with Crippen LogP contribution in [0.15, 0.2) is 46.9 Å². The maximum atomic E-state index is 14.2. The van der Waals surface area contributed by atoms with Crippen LogP contribution in [-0.2, 0) is 16.0 Å². The van der Waals surface area contributed by atoms with E-state index < -0.39 is 58.0 Å². The number of nitrogens with two attached hydrogens (primary N) is 1. The van der Waals surface area contributed by atoms with Gasteiger partial charge in [0.2, 0.25) is 12.6 Å². The molecule has 2 aromatic rings. The number of amides is 1. The van der Waals surface area contributed by atoms with Crippen molar-refractivity contribution in [3.05, 3.63) is 58.1 Å². The molecule has 220 valence electrons. The van der Waals surface area contributed by atoms with Gasteiger partial charge in [0.1, 0.15) is 22.8 Å². The summed E-state index contributed by atoms with van der Waals surface area (Å²) in [5, 5.41) is 45.9. The summed E-state index contributed by atoms with van der Waals surface area (Å²) in [5.74, 6) is -5.84. The van der Waals surface area contributed by atoms with Gasteiger partial charge in [-0.15, -0.1) is 0 Å². The number of likely N-dealkylation sites (N-methyl/N-ethyl adjacent to an activating group) is 1. The lowest BCUT2D eigenvalue weighted by Crippen LogP contribution is -2.63. The van der Waals surface area contributed by atoms with Gasteiger partial charge >= 0.3 is 0 Å². The van der Waals surface area contributed by atoms with Crippen LogP contribution in [0.4, 0.5) is 5.69 Å². The standard InChI is InChI=1S/C30H31N3O9/c1-32(2)17-10-14(12-5-6-18-19(9-12)42-11-41-18)24(34)21-15(17)7-13-8-16-23(33(3)4)26(36)22(29(31)39)28(38)30(16,40)27(37)20(13)25(21)35/h5-6,9-10,13,16,23,34,36-37,40H,7-8,11H2,1-4H3,(H2,31,39)/t13-,16-,23-,30-/m0/s1. The van der Waals surface area contributed by atoms with E-state index in [4.69, 9.17) is 15.2 Å². The van der Waals surface area contributed by atoms with E-state index in [0.717, 1.165) is 0 Å². The number of hydrogen-bond donors (Lipinski definition) is 5. The summed E-state index contributed by atoms with van der Waals surface area (Å²) < 4.78 is 10.9. The second-order valence-electron chi connectivity index (χ2n) is 11.6. The zero-order valence-corrected chi connectivity index (χ0v) is 23.5.